The molecule has 1 aliphatic heterocycles. The van der Waals surface area contributed by atoms with Gasteiger partial charge >= 0.3 is 0 Å². The summed E-state index contributed by atoms with van der Waals surface area (Å²) >= 11 is 5.77. The van der Waals surface area contributed by atoms with Crippen molar-refractivity contribution < 1.29 is 22.8 Å². The molecule has 180 valence electrons. The number of hydrogen-bond donors (Lipinski definition) is 2. The van der Waals surface area contributed by atoms with Gasteiger partial charge in [-0.3, -0.25) is 9.59 Å². The largest absolute Gasteiger partial charge is 0.350 e. The number of aromatic nitrogens is 1. The molecule has 10 heteroatoms. The first kappa shape index (κ1) is 24.1. The van der Waals surface area contributed by atoms with Crippen LogP contribution >= 0.6 is 11.6 Å². The Kier molecular flexibility index (Phi) is 7.13. The van der Waals surface area contributed by atoms with Gasteiger partial charge in [0.25, 0.3) is 0 Å². The summed E-state index contributed by atoms with van der Waals surface area (Å²) in [5.74, 6) is -1.69. The van der Waals surface area contributed by atoms with Crippen LogP contribution in [0.2, 0.25) is 5.02 Å². The summed E-state index contributed by atoms with van der Waals surface area (Å²) in [4.78, 5) is 27.1. The topological polar surface area (TPSA) is 80.4 Å². The fraction of sp³-hybridized carbons (Fsp3) is 0.333. The molecule has 3 aromatic rings. The second-order valence-electron chi connectivity index (χ2n) is 8.32. The molecule has 6 nitrogen and oxygen atoms in total. The molecule has 2 heterocycles. The zero-order valence-corrected chi connectivity index (χ0v) is 18.9. The van der Waals surface area contributed by atoms with Gasteiger partial charge in [-0.15, -0.1) is 0 Å². The average Bonchev–Trinajstić information content (AvgIpc) is 3.40. The third-order valence-corrected chi connectivity index (χ3v) is 6.34. The Morgan fingerprint density at radius 3 is 2.74 bits per heavy atom. The van der Waals surface area contributed by atoms with Crippen molar-refractivity contribution in [2.24, 2.45) is 5.73 Å². The van der Waals surface area contributed by atoms with Gasteiger partial charge in [-0.05, 0) is 17.7 Å². The molecular weight excluding hydrogens is 469 g/mol. The van der Waals surface area contributed by atoms with Gasteiger partial charge in [0.05, 0.1) is 17.6 Å². The van der Waals surface area contributed by atoms with Gasteiger partial charge in [-0.1, -0.05) is 41.9 Å². The fourth-order valence-electron chi connectivity index (χ4n) is 4.32. The second-order valence-corrected chi connectivity index (χ2v) is 8.72. The molecule has 34 heavy (non-hydrogen) atoms. The minimum atomic E-state index is -1.36. The van der Waals surface area contributed by atoms with E-state index in [1.165, 1.54) is 17.0 Å². The minimum absolute atomic E-state index is 0.0703. The number of para-hydroxylation sites is 1. The Bertz CT molecular complexity index is 1220. The number of nitrogens with one attached hydrogen (secondary N) is 1. The molecule has 4 rings (SSSR count). The molecular formula is C24H24ClF3N4O2. The monoisotopic (exact) mass is 492 g/mol. The highest BCUT2D eigenvalue weighted by molar-refractivity contribution is 6.30. The lowest BCUT2D eigenvalue weighted by Gasteiger charge is -2.24. The van der Waals surface area contributed by atoms with Crippen molar-refractivity contribution in [3.05, 3.63) is 70.6 Å². The lowest BCUT2D eigenvalue weighted by molar-refractivity contribution is -0.139. The number of amides is 2. The molecule has 0 saturated carbocycles. The summed E-state index contributed by atoms with van der Waals surface area (Å²) < 4.78 is 43.2. The maximum atomic E-state index is 14.3. The van der Waals surface area contributed by atoms with Crippen molar-refractivity contribution in [1.29, 1.82) is 0 Å². The number of rotatable bonds is 7. The summed E-state index contributed by atoms with van der Waals surface area (Å²) in [6.07, 6.45) is 0.104. The molecule has 0 radical (unpaired) electrons. The fourth-order valence-corrected chi connectivity index (χ4v) is 4.51. The quantitative estimate of drug-likeness (QED) is 0.528. The zero-order chi connectivity index (χ0) is 24.4. The summed E-state index contributed by atoms with van der Waals surface area (Å²) in [5, 5.41) is 3.23. The van der Waals surface area contributed by atoms with E-state index in [2.05, 4.69) is 5.32 Å². The molecule has 1 aliphatic rings. The van der Waals surface area contributed by atoms with Crippen molar-refractivity contribution in [3.63, 3.8) is 0 Å². The van der Waals surface area contributed by atoms with Crippen LogP contribution in [0.25, 0.3) is 10.9 Å². The van der Waals surface area contributed by atoms with Gasteiger partial charge in [0, 0.05) is 35.6 Å². The third kappa shape index (κ3) is 4.76. The van der Waals surface area contributed by atoms with Crippen molar-refractivity contribution >= 4 is 34.3 Å². The second kappa shape index (κ2) is 10.1. The SMILES string of the molecule is NC(CF)c1cn(CC(=O)N2C[C@H](F)C[C@H]2C(=O)NCc2cccc(Cl)c2F)c2ccccc12. The molecule has 3 atom stereocenters. The van der Waals surface area contributed by atoms with E-state index in [4.69, 9.17) is 17.3 Å². The van der Waals surface area contributed by atoms with Crippen LogP contribution < -0.4 is 11.1 Å². The average molecular weight is 493 g/mol. The van der Waals surface area contributed by atoms with Crippen LogP contribution in [0.4, 0.5) is 13.2 Å². The van der Waals surface area contributed by atoms with Crippen LogP contribution in [0.5, 0.6) is 0 Å². The summed E-state index contributed by atoms with van der Waals surface area (Å²) in [6.45, 7) is -1.29. The number of nitrogens with two attached hydrogens (primary N) is 1. The molecule has 3 N–H and O–H groups in total. The standard InChI is InChI=1S/C24H24ClF3N4O2/c25-18-6-3-4-14(23(18)28)10-30-24(34)21-8-15(27)11-32(21)22(33)13-31-12-17(19(29)9-26)16-5-1-2-7-20(16)31/h1-7,12,15,19,21H,8-11,13,29H2,(H,30,34)/t15-,19?,21+/m1/s1. The summed E-state index contributed by atoms with van der Waals surface area (Å²) in [5.41, 5.74) is 7.32. The molecule has 1 unspecified atom stereocenters. The molecule has 0 bridgehead atoms. The minimum Gasteiger partial charge on any atom is -0.350 e. The predicted octanol–water partition coefficient (Wildman–Crippen LogP) is 3.66. The highest BCUT2D eigenvalue weighted by Crippen LogP contribution is 2.27. The van der Waals surface area contributed by atoms with E-state index in [9.17, 15) is 22.8 Å². The molecule has 1 saturated heterocycles. The first-order valence-electron chi connectivity index (χ1n) is 10.8. The van der Waals surface area contributed by atoms with Gasteiger partial charge < -0.3 is 20.5 Å². The molecule has 1 fully saturated rings. The zero-order valence-electron chi connectivity index (χ0n) is 18.2. The summed E-state index contributed by atoms with van der Waals surface area (Å²) in [6, 6.07) is 9.71. The van der Waals surface area contributed by atoms with Crippen molar-refractivity contribution in [3.8, 4) is 0 Å². The number of carbonyl (C=O) groups is 2. The van der Waals surface area contributed by atoms with Crippen LogP contribution in [-0.2, 0) is 22.7 Å². The number of carbonyl (C=O) groups excluding carboxylic acids is 2. The van der Waals surface area contributed by atoms with Crippen LogP contribution in [0.3, 0.4) is 0 Å². The van der Waals surface area contributed by atoms with Gasteiger partial charge in [0.1, 0.15) is 31.3 Å². The number of nitrogens with zero attached hydrogens (tertiary/aromatic N) is 2. The lowest BCUT2D eigenvalue weighted by atomic mass is 10.1. The maximum absolute atomic E-state index is 14.3. The van der Waals surface area contributed by atoms with Crippen molar-refractivity contribution in [2.75, 3.05) is 13.2 Å². The van der Waals surface area contributed by atoms with Crippen molar-refractivity contribution in [1.82, 2.24) is 14.8 Å². The smallest absolute Gasteiger partial charge is 0.243 e. The van der Waals surface area contributed by atoms with Gasteiger partial charge in [-0.2, -0.15) is 0 Å². The van der Waals surface area contributed by atoms with E-state index in [-0.39, 0.29) is 36.6 Å². The number of halogens is 4. The van der Waals surface area contributed by atoms with E-state index >= 15 is 0 Å². The number of hydrogen-bond acceptors (Lipinski definition) is 3. The van der Waals surface area contributed by atoms with Crippen LogP contribution in [0.1, 0.15) is 23.6 Å². The number of fused-ring (bicyclic) bond motifs is 1. The normalized spacial score (nSPS) is 18.9. The maximum Gasteiger partial charge on any atom is 0.243 e. The van der Waals surface area contributed by atoms with Crippen LogP contribution in [0, 0.1) is 5.82 Å². The van der Waals surface area contributed by atoms with E-state index in [0.29, 0.717) is 11.1 Å². The number of benzene rings is 2. The van der Waals surface area contributed by atoms with Gasteiger partial charge in [0.15, 0.2) is 0 Å². The van der Waals surface area contributed by atoms with E-state index in [1.807, 2.05) is 0 Å². The third-order valence-electron chi connectivity index (χ3n) is 6.05. The van der Waals surface area contributed by atoms with E-state index < -0.39 is 42.6 Å². The van der Waals surface area contributed by atoms with Gasteiger partial charge in [-0.25, -0.2) is 13.2 Å². The molecule has 2 aromatic carbocycles. The predicted molar refractivity (Wildman–Crippen MR) is 123 cm³/mol. The first-order chi connectivity index (χ1) is 16.3. The lowest BCUT2D eigenvalue weighted by Crippen LogP contribution is -2.46. The molecule has 2 amide bonds. The Morgan fingerprint density at radius 1 is 1.21 bits per heavy atom. The molecule has 1 aromatic heterocycles. The number of alkyl halides is 2. The Morgan fingerprint density at radius 2 is 1.97 bits per heavy atom. The van der Waals surface area contributed by atoms with E-state index in [1.54, 1.807) is 41.1 Å². The van der Waals surface area contributed by atoms with Crippen LogP contribution in [0.15, 0.2) is 48.7 Å². The first-order valence-corrected chi connectivity index (χ1v) is 11.2. The van der Waals surface area contributed by atoms with Gasteiger partial charge in [0.2, 0.25) is 11.8 Å². The molecule has 0 spiro atoms. The Balaban J connectivity index is 1.50. The highest BCUT2D eigenvalue weighted by Gasteiger charge is 2.39. The Labute approximate surface area is 199 Å². The summed E-state index contributed by atoms with van der Waals surface area (Å²) in [7, 11) is 0. The number of likely N-dealkylation sites (tertiary alicyclic amines) is 1. The Hall–Kier alpha value is -3.04. The highest BCUT2D eigenvalue weighted by atomic mass is 35.5. The van der Waals surface area contributed by atoms with Crippen molar-refractivity contribution in [2.45, 2.75) is 37.8 Å². The molecule has 0 aliphatic carbocycles. The van der Waals surface area contributed by atoms with E-state index in [0.717, 1.165) is 5.39 Å². The van der Waals surface area contributed by atoms with Crippen LogP contribution in [-0.4, -0.2) is 46.7 Å².